The van der Waals surface area contributed by atoms with Crippen molar-refractivity contribution in [1.82, 2.24) is 0 Å². The average Bonchev–Trinajstić information content (AvgIpc) is 2.35. The van der Waals surface area contributed by atoms with Crippen molar-refractivity contribution in [1.29, 1.82) is 0 Å². The van der Waals surface area contributed by atoms with Crippen LogP contribution >= 0.6 is 0 Å². The second-order valence-electron chi connectivity index (χ2n) is 4.04. The summed E-state index contributed by atoms with van der Waals surface area (Å²) in [6.45, 7) is 5.21. The molecule has 0 aromatic heterocycles. The van der Waals surface area contributed by atoms with E-state index >= 15 is 0 Å². The lowest BCUT2D eigenvalue weighted by Crippen LogP contribution is -2.20. The first-order valence-electron chi connectivity index (χ1n) is 6.48. The molecule has 6 heteroatoms. The molecule has 0 bridgehead atoms. The Morgan fingerprint density at radius 2 is 1.47 bits per heavy atom. The zero-order chi connectivity index (χ0) is 14.8. The van der Waals surface area contributed by atoms with Crippen molar-refractivity contribution in [3.05, 3.63) is 11.7 Å². The molecule has 2 N–H and O–H groups in total. The molecule has 0 aliphatic carbocycles. The van der Waals surface area contributed by atoms with E-state index in [1.807, 2.05) is 0 Å². The molecule has 0 heterocycles. The number of carbonyl (C=O) groups excluding carboxylic acids is 2. The van der Waals surface area contributed by atoms with E-state index in [2.05, 4.69) is 4.74 Å². The zero-order valence-corrected chi connectivity index (χ0v) is 11.6. The van der Waals surface area contributed by atoms with Crippen molar-refractivity contribution < 1.29 is 29.3 Å². The molecule has 0 aliphatic rings. The first-order chi connectivity index (χ1) is 8.96. The Balaban J connectivity index is 4.88. The number of carbonyl (C=O) groups is 2. The van der Waals surface area contributed by atoms with Gasteiger partial charge in [0.05, 0.1) is 0 Å². The second-order valence-corrected chi connectivity index (χ2v) is 4.04. The summed E-state index contributed by atoms with van der Waals surface area (Å²) in [5, 5.41) is 19.3. The van der Waals surface area contributed by atoms with Gasteiger partial charge in [0.1, 0.15) is 6.10 Å². The van der Waals surface area contributed by atoms with Crippen molar-refractivity contribution in [2.75, 3.05) is 0 Å². The van der Waals surface area contributed by atoms with Gasteiger partial charge in [0.15, 0.2) is 0 Å². The molecular weight excluding hydrogens is 252 g/mol. The van der Waals surface area contributed by atoms with Gasteiger partial charge in [-0.2, -0.15) is 0 Å². The van der Waals surface area contributed by atoms with Crippen LogP contribution in [-0.4, -0.2) is 28.3 Å². The van der Waals surface area contributed by atoms with Gasteiger partial charge in [-0.15, -0.1) is 0 Å². The van der Waals surface area contributed by atoms with Gasteiger partial charge in [0.2, 0.25) is 5.76 Å². The van der Waals surface area contributed by atoms with Crippen LogP contribution in [0.4, 0.5) is 0 Å². The van der Waals surface area contributed by atoms with Gasteiger partial charge in [-0.3, -0.25) is 9.59 Å². The third kappa shape index (κ3) is 6.81. The Labute approximate surface area is 113 Å². The molecule has 6 nitrogen and oxygen atoms in total. The highest BCUT2D eigenvalue weighted by molar-refractivity contribution is 5.71. The van der Waals surface area contributed by atoms with Crippen molar-refractivity contribution in [3.8, 4) is 0 Å². The van der Waals surface area contributed by atoms with Gasteiger partial charge in [0, 0.05) is 12.8 Å². The SMILES string of the molecule is CCCC(=O)O/C(O)=C(/OC(=O)CCC)C(O)CC. The minimum atomic E-state index is -1.20. The molecule has 1 atom stereocenters. The molecule has 110 valence electrons. The van der Waals surface area contributed by atoms with Crippen LogP contribution in [-0.2, 0) is 19.1 Å². The van der Waals surface area contributed by atoms with Crippen LogP contribution in [0.3, 0.4) is 0 Å². The van der Waals surface area contributed by atoms with E-state index in [1.54, 1.807) is 20.8 Å². The van der Waals surface area contributed by atoms with Gasteiger partial charge in [-0.05, 0) is 19.3 Å². The first kappa shape index (κ1) is 17.4. The highest BCUT2D eigenvalue weighted by Gasteiger charge is 2.22. The predicted molar refractivity (Wildman–Crippen MR) is 68.0 cm³/mol. The summed E-state index contributed by atoms with van der Waals surface area (Å²) in [6.07, 6.45) is 0.427. The average molecular weight is 274 g/mol. The maximum atomic E-state index is 11.4. The summed E-state index contributed by atoms with van der Waals surface area (Å²) < 4.78 is 9.46. The fraction of sp³-hybridized carbons (Fsp3) is 0.692. The van der Waals surface area contributed by atoms with E-state index in [0.717, 1.165) is 0 Å². The number of aliphatic hydroxyl groups is 2. The molecule has 0 spiro atoms. The quantitative estimate of drug-likeness (QED) is 0.520. The van der Waals surface area contributed by atoms with E-state index in [9.17, 15) is 19.8 Å². The van der Waals surface area contributed by atoms with Crippen LogP contribution in [0.2, 0.25) is 0 Å². The lowest BCUT2D eigenvalue weighted by atomic mass is 10.2. The van der Waals surface area contributed by atoms with Gasteiger partial charge < -0.3 is 19.7 Å². The number of hydrogen-bond acceptors (Lipinski definition) is 6. The van der Waals surface area contributed by atoms with Crippen molar-refractivity contribution >= 4 is 11.9 Å². The van der Waals surface area contributed by atoms with E-state index in [4.69, 9.17) is 4.74 Å². The molecule has 0 saturated heterocycles. The third-order valence-electron chi connectivity index (χ3n) is 2.24. The largest absolute Gasteiger partial charge is 0.478 e. The summed E-state index contributed by atoms with van der Waals surface area (Å²) in [5.41, 5.74) is 0. The lowest BCUT2D eigenvalue weighted by molar-refractivity contribution is -0.149. The summed E-state index contributed by atoms with van der Waals surface area (Å²) in [7, 11) is 0. The number of rotatable bonds is 8. The van der Waals surface area contributed by atoms with E-state index in [-0.39, 0.29) is 19.3 Å². The number of aliphatic hydroxyl groups excluding tert-OH is 2. The Kier molecular flexibility index (Phi) is 8.61. The van der Waals surface area contributed by atoms with Gasteiger partial charge in [-0.1, -0.05) is 20.8 Å². The summed E-state index contributed by atoms with van der Waals surface area (Å²) in [4.78, 5) is 22.6. The highest BCUT2D eigenvalue weighted by Crippen LogP contribution is 2.15. The first-order valence-corrected chi connectivity index (χ1v) is 6.48. The zero-order valence-electron chi connectivity index (χ0n) is 11.6. The number of ether oxygens (including phenoxy) is 2. The monoisotopic (exact) mass is 274 g/mol. The predicted octanol–water partition coefficient (Wildman–Crippen LogP) is 2.17. The normalized spacial score (nSPS) is 13.5. The van der Waals surface area contributed by atoms with Gasteiger partial charge in [0.25, 0.3) is 0 Å². The van der Waals surface area contributed by atoms with Crippen LogP contribution in [0.1, 0.15) is 52.9 Å². The Morgan fingerprint density at radius 1 is 1.00 bits per heavy atom. The van der Waals surface area contributed by atoms with Crippen molar-refractivity contribution in [2.24, 2.45) is 0 Å². The van der Waals surface area contributed by atoms with E-state index < -0.39 is 29.7 Å². The maximum Gasteiger partial charge on any atom is 0.327 e. The lowest BCUT2D eigenvalue weighted by Gasteiger charge is -2.14. The van der Waals surface area contributed by atoms with Crippen LogP contribution in [0, 0.1) is 0 Å². The molecule has 0 fully saturated rings. The summed E-state index contributed by atoms with van der Waals surface area (Å²) in [5.74, 6) is -2.50. The number of esters is 2. The van der Waals surface area contributed by atoms with Crippen molar-refractivity contribution in [3.63, 3.8) is 0 Å². The molecule has 1 unspecified atom stereocenters. The van der Waals surface area contributed by atoms with Crippen LogP contribution < -0.4 is 0 Å². The molecule has 0 aliphatic heterocycles. The maximum absolute atomic E-state index is 11.4. The Bertz CT molecular complexity index is 334. The molecule has 0 aromatic carbocycles. The van der Waals surface area contributed by atoms with Crippen LogP contribution in [0.15, 0.2) is 11.7 Å². The molecule has 19 heavy (non-hydrogen) atoms. The molecular formula is C13H22O6. The Hall–Kier alpha value is -1.56. The molecule has 0 aromatic rings. The minimum Gasteiger partial charge on any atom is -0.478 e. The summed E-state index contributed by atoms with van der Waals surface area (Å²) in [6, 6.07) is 0. The van der Waals surface area contributed by atoms with Gasteiger partial charge in [-0.25, -0.2) is 0 Å². The molecule has 0 amide bonds. The minimum absolute atomic E-state index is 0.127. The van der Waals surface area contributed by atoms with Gasteiger partial charge >= 0.3 is 17.9 Å². The fourth-order valence-electron chi connectivity index (χ4n) is 1.23. The third-order valence-corrected chi connectivity index (χ3v) is 2.24. The van der Waals surface area contributed by atoms with Crippen molar-refractivity contribution in [2.45, 2.75) is 59.0 Å². The fourth-order valence-corrected chi connectivity index (χ4v) is 1.23. The smallest absolute Gasteiger partial charge is 0.327 e. The molecule has 0 radical (unpaired) electrons. The number of hydrogen-bond donors (Lipinski definition) is 2. The van der Waals surface area contributed by atoms with E-state index in [0.29, 0.717) is 12.8 Å². The Morgan fingerprint density at radius 3 is 1.89 bits per heavy atom. The summed E-state index contributed by atoms with van der Waals surface area (Å²) >= 11 is 0. The second kappa shape index (κ2) is 9.38. The molecule has 0 rings (SSSR count). The van der Waals surface area contributed by atoms with E-state index in [1.165, 1.54) is 0 Å². The standard InChI is InChI=1S/C13H22O6/c1-4-7-10(15)18-12(9(14)6-3)13(17)19-11(16)8-5-2/h9,14,17H,4-8H2,1-3H3/b13-12+. The van der Waals surface area contributed by atoms with Crippen LogP contribution in [0.5, 0.6) is 0 Å². The highest BCUT2D eigenvalue weighted by atomic mass is 16.6. The van der Waals surface area contributed by atoms with Crippen LogP contribution in [0.25, 0.3) is 0 Å². The topological polar surface area (TPSA) is 93.1 Å². The molecule has 0 saturated carbocycles.